The first-order chi connectivity index (χ1) is 16.3. The lowest BCUT2D eigenvalue weighted by Crippen LogP contribution is -2.51. The quantitative estimate of drug-likeness (QED) is 0.462. The molecule has 2 aromatic rings. The minimum atomic E-state index is -3.92. The number of carbonyl (C=O) groups is 2. The van der Waals surface area contributed by atoms with E-state index in [1.807, 2.05) is 13.8 Å². The van der Waals surface area contributed by atoms with E-state index < -0.39 is 28.5 Å². The van der Waals surface area contributed by atoms with Crippen molar-refractivity contribution in [3.05, 3.63) is 58.1 Å². The van der Waals surface area contributed by atoms with Crippen LogP contribution in [-0.2, 0) is 26.2 Å². The normalized spacial score (nSPS) is 12.2. The number of nitrogens with zero attached hydrogens (tertiary/aromatic N) is 2. The smallest absolute Gasteiger partial charge is 0.244 e. The summed E-state index contributed by atoms with van der Waals surface area (Å²) in [6.07, 6.45) is 0.987. The van der Waals surface area contributed by atoms with E-state index in [9.17, 15) is 18.0 Å². The summed E-state index contributed by atoms with van der Waals surface area (Å²) in [5.41, 5.74) is 0.816. The lowest BCUT2D eigenvalue weighted by atomic mass is 10.1. The van der Waals surface area contributed by atoms with Crippen molar-refractivity contribution in [1.82, 2.24) is 10.2 Å². The molecule has 8 nitrogen and oxygen atoms in total. The first-order valence-corrected chi connectivity index (χ1v) is 13.6. The van der Waals surface area contributed by atoms with Gasteiger partial charge in [-0.3, -0.25) is 13.9 Å². The van der Waals surface area contributed by atoms with Gasteiger partial charge in [-0.2, -0.15) is 0 Å². The van der Waals surface area contributed by atoms with Crippen LogP contribution in [-0.4, -0.2) is 57.6 Å². The van der Waals surface area contributed by atoms with Gasteiger partial charge in [0, 0.05) is 23.1 Å². The third-order valence-corrected chi connectivity index (χ3v) is 6.78. The van der Waals surface area contributed by atoms with Crippen molar-refractivity contribution < 1.29 is 22.7 Å². The maximum Gasteiger partial charge on any atom is 0.244 e. The summed E-state index contributed by atoms with van der Waals surface area (Å²) < 4.78 is 31.6. The Kier molecular flexibility index (Phi) is 10.2. The van der Waals surface area contributed by atoms with Crippen molar-refractivity contribution in [3.63, 3.8) is 0 Å². The first kappa shape index (κ1) is 28.7. The van der Waals surface area contributed by atoms with Crippen molar-refractivity contribution in [2.75, 3.05) is 30.8 Å². The SMILES string of the molecule is COc1ccc(Cl)cc1N(CC(=O)N(Cc1cccc(Cl)c1)[C@@H](C)C(=O)NCC(C)C)S(C)(=O)=O. The molecule has 0 aliphatic heterocycles. The molecule has 0 aliphatic rings. The highest BCUT2D eigenvalue weighted by atomic mass is 35.5. The fraction of sp³-hybridized carbons (Fsp3) is 0.417. The van der Waals surface area contributed by atoms with Crippen LogP contribution in [0.25, 0.3) is 0 Å². The summed E-state index contributed by atoms with van der Waals surface area (Å²) in [7, 11) is -2.53. The molecule has 35 heavy (non-hydrogen) atoms. The standard InChI is InChI=1S/C24H31Cl2N3O5S/c1-16(2)13-27-24(31)17(3)28(14-18-7-6-8-19(25)11-18)23(30)15-29(35(5,32)33)21-12-20(26)9-10-22(21)34-4/h6-12,16-17H,13-15H2,1-5H3,(H,27,31)/t17-/m0/s1. The first-order valence-electron chi connectivity index (χ1n) is 11.0. The molecule has 0 spiro atoms. The largest absolute Gasteiger partial charge is 0.495 e. The van der Waals surface area contributed by atoms with Crippen molar-refractivity contribution in [2.45, 2.75) is 33.4 Å². The van der Waals surface area contributed by atoms with Crippen LogP contribution in [0.1, 0.15) is 26.3 Å². The number of hydrogen-bond donors (Lipinski definition) is 1. The van der Waals surface area contributed by atoms with E-state index >= 15 is 0 Å². The van der Waals surface area contributed by atoms with Crippen LogP contribution in [0, 0.1) is 5.92 Å². The molecule has 0 bridgehead atoms. The van der Waals surface area contributed by atoms with E-state index in [0.29, 0.717) is 17.1 Å². The predicted molar refractivity (Wildman–Crippen MR) is 140 cm³/mol. The number of amides is 2. The average Bonchev–Trinajstić information content (AvgIpc) is 2.78. The zero-order valence-corrected chi connectivity index (χ0v) is 22.7. The van der Waals surface area contributed by atoms with Crippen LogP contribution < -0.4 is 14.4 Å². The van der Waals surface area contributed by atoms with Gasteiger partial charge < -0.3 is 15.0 Å². The van der Waals surface area contributed by atoms with Crippen LogP contribution in [0.15, 0.2) is 42.5 Å². The molecular formula is C24H31Cl2N3O5S. The highest BCUT2D eigenvalue weighted by Gasteiger charge is 2.31. The van der Waals surface area contributed by atoms with Gasteiger partial charge in [-0.25, -0.2) is 8.42 Å². The molecule has 0 saturated heterocycles. The van der Waals surface area contributed by atoms with Gasteiger partial charge in [0.05, 0.1) is 19.1 Å². The predicted octanol–water partition coefficient (Wildman–Crippen LogP) is 3.96. The zero-order valence-electron chi connectivity index (χ0n) is 20.4. The number of carbonyl (C=O) groups excluding carboxylic acids is 2. The fourth-order valence-corrected chi connectivity index (χ4v) is 4.54. The van der Waals surface area contributed by atoms with Crippen LogP contribution in [0.5, 0.6) is 5.75 Å². The zero-order chi connectivity index (χ0) is 26.3. The molecule has 0 fully saturated rings. The van der Waals surface area contributed by atoms with Crippen molar-refractivity contribution in [1.29, 1.82) is 0 Å². The molecule has 2 aromatic carbocycles. The summed E-state index contributed by atoms with van der Waals surface area (Å²) in [5.74, 6) is -0.471. The van der Waals surface area contributed by atoms with Gasteiger partial charge in [0.2, 0.25) is 21.8 Å². The summed E-state index contributed by atoms with van der Waals surface area (Å²) in [6.45, 7) is 5.46. The molecule has 0 heterocycles. The van der Waals surface area contributed by atoms with E-state index in [4.69, 9.17) is 27.9 Å². The van der Waals surface area contributed by atoms with E-state index in [1.54, 1.807) is 37.3 Å². The number of hydrogen-bond acceptors (Lipinski definition) is 5. The van der Waals surface area contributed by atoms with E-state index in [0.717, 1.165) is 10.6 Å². The molecule has 2 rings (SSSR count). The van der Waals surface area contributed by atoms with Gasteiger partial charge in [0.15, 0.2) is 0 Å². The molecule has 0 radical (unpaired) electrons. The van der Waals surface area contributed by atoms with Crippen LogP contribution in [0.3, 0.4) is 0 Å². The van der Waals surface area contributed by atoms with Crippen molar-refractivity contribution in [2.24, 2.45) is 5.92 Å². The molecule has 0 unspecified atom stereocenters. The molecule has 11 heteroatoms. The van der Waals surface area contributed by atoms with Gasteiger partial charge in [-0.15, -0.1) is 0 Å². The molecular weight excluding hydrogens is 513 g/mol. The Morgan fingerprint density at radius 1 is 1.06 bits per heavy atom. The number of methoxy groups -OCH3 is 1. The van der Waals surface area contributed by atoms with Crippen LogP contribution >= 0.6 is 23.2 Å². The van der Waals surface area contributed by atoms with E-state index in [2.05, 4.69) is 5.32 Å². The Morgan fingerprint density at radius 2 is 1.71 bits per heavy atom. The van der Waals surface area contributed by atoms with Gasteiger partial charge in [0.25, 0.3) is 0 Å². The molecule has 0 saturated carbocycles. The van der Waals surface area contributed by atoms with Crippen LogP contribution in [0.2, 0.25) is 10.0 Å². The third-order valence-electron chi connectivity index (χ3n) is 5.18. The Labute approximate surface area is 217 Å². The second-order valence-electron chi connectivity index (χ2n) is 8.55. The highest BCUT2D eigenvalue weighted by molar-refractivity contribution is 7.92. The molecule has 2 amide bonds. The van der Waals surface area contributed by atoms with Gasteiger partial charge in [-0.1, -0.05) is 49.2 Å². The third kappa shape index (κ3) is 8.30. The van der Waals surface area contributed by atoms with Gasteiger partial charge in [-0.05, 0) is 48.7 Å². The number of sulfonamides is 1. The molecule has 0 aliphatic carbocycles. The molecule has 0 aromatic heterocycles. The maximum atomic E-state index is 13.6. The monoisotopic (exact) mass is 543 g/mol. The number of anilines is 1. The number of nitrogens with one attached hydrogen (secondary N) is 1. The Bertz CT molecular complexity index is 1160. The van der Waals surface area contributed by atoms with Crippen molar-refractivity contribution >= 4 is 50.7 Å². The summed E-state index contributed by atoms with van der Waals surface area (Å²) in [4.78, 5) is 27.7. The molecule has 1 atom stereocenters. The maximum absolute atomic E-state index is 13.6. The summed E-state index contributed by atoms with van der Waals surface area (Å²) in [6, 6.07) is 10.5. The van der Waals surface area contributed by atoms with Gasteiger partial charge in [0.1, 0.15) is 18.3 Å². The number of rotatable bonds is 11. The minimum Gasteiger partial charge on any atom is -0.495 e. The number of halogens is 2. The van der Waals surface area contributed by atoms with E-state index in [-0.39, 0.29) is 34.8 Å². The van der Waals surface area contributed by atoms with Gasteiger partial charge >= 0.3 is 0 Å². The highest BCUT2D eigenvalue weighted by Crippen LogP contribution is 2.33. The Balaban J connectivity index is 2.44. The Hall–Kier alpha value is -2.49. The average molecular weight is 545 g/mol. The topological polar surface area (TPSA) is 96.0 Å². The second-order valence-corrected chi connectivity index (χ2v) is 11.3. The number of ether oxygens (including phenoxy) is 1. The molecule has 192 valence electrons. The van der Waals surface area contributed by atoms with Crippen molar-refractivity contribution in [3.8, 4) is 5.75 Å². The fourth-order valence-electron chi connectivity index (χ4n) is 3.32. The lowest BCUT2D eigenvalue weighted by Gasteiger charge is -2.32. The molecule has 1 N–H and O–H groups in total. The second kappa shape index (κ2) is 12.5. The summed E-state index contributed by atoms with van der Waals surface area (Å²) in [5, 5.41) is 3.58. The lowest BCUT2D eigenvalue weighted by molar-refractivity contribution is -0.139. The Morgan fingerprint density at radius 3 is 2.29 bits per heavy atom. The minimum absolute atomic E-state index is 0.0555. The van der Waals surface area contributed by atoms with E-state index in [1.165, 1.54) is 24.1 Å². The number of benzene rings is 2. The summed E-state index contributed by atoms with van der Waals surface area (Å²) >= 11 is 12.2. The van der Waals surface area contributed by atoms with Crippen LogP contribution in [0.4, 0.5) is 5.69 Å².